The van der Waals surface area contributed by atoms with Crippen LogP contribution in [0.3, 0.4) is 0 Å². The zero-order chi connectivity index (χ0) is 19.3. The molecule has 3 rings (SSSR count). The van der Waals surface area contributed by atoms with Gasteiger partial charge in [0.25, 0.3) is 0 Å². The number of piperidine rings is 1. The average molecular weight is 378 g/mol. The van der Waals surface area contributed by atoms with Crippen molar-refractivity contribution in [1.82, 2.24) is 4.98 Å². The summed E-state index contributed by atoms with van der Waals surface area (Å²) in [6.07, 6.45) is 0.697. The Morgan fingerprint density at radius 2 is 1.85 bits per heavy atom. The molecule has 8 heteroatoms. The number of rotatable bonds is 5. The number of halogens is 3. The van der Waals surface area contributed by atoms with E-state index in [4.69, 9.17) is 10.6 Å². The molecule has 1 saturated heterocycles. The number of pyridine rings is 1. The Hall–Kier alpha value is -2.77. The van der Waals surface area contributed by atoms with Crippen LogP contribution < -0.4 is 10.6 Å². The van der Waals surface area contributed by atoms with Gasteiger partial charge in [-0.3, -0.25) is 0 Å². The van der Waals surface area contributed by atoms with Gasteiger partial charge in [0.15, 0.2) is 5.84 Å². The normalized spacial score (nSPS) is 15.7. The second-order valence-corrected chi connectivity index (χ2v) is 6.36. The largest absolute Gasteiger partial charge is 0.416 e. The topological polar surface area (TPSA) is 63.7 Å². The third-order valence-electron chi connectivity index (χ3n) is 4.43. The molecule has 1 fully saturated rings. The maximum absolute atomic E-state index is 13.0. The summed E-state index contributed by atoms with van der Waals surface area (Å²) in [6, 6.07) is 8.85. The van der Waals surface area contributed by atoms with Crippen LogP contribution in [-0.2, 0) is 17.6 Å². The Labute approximate surface area is 155 Å². The molecule has 1 aromatic carbocycles. The molecule has 0 saturated carbocycles. The molecule has 27 heavy (non-hydrogen) atoms. The third-order valence-corrected chi connectivity index (χ3v) is 4.43. The number of benzene rings is 1. The van der Waals surface area contributed by atoms with Gasteiger partial charge in [-0.1, -0.05) is 23.4 Å². The highest BCUT2D eigenvalue weighted by Gasteiger charge is 2.33. The molecule has 5 nitrogen and oxygen atoms in total. The van der Waals surface area contributed by atoms with Gasteiger partial charge in [0.2, 0.25) is 0 Å². The molecule has 2 N–H and O–H groups in total. The smallest absolute Gasteiger partial charge is 0.389 e. The fraction of sp³-hybridized carbons (Fsp3) is 0.368. The van der Waals surface area contributed by atoms with Crippen molar-refractivity contribution in [1.29, 1.82) is 0 Å². The minimum atomic E-state index is -4.44. The van der Waals surface area contributed by atoms with Crippen molar-refractivity contribution in [3.63, 3.8) is 0 Å². The molecular weight excluding hydrogens is 357 g/mol. The second kappa shape index (κ2) is 8.28. The lowest BCUT2D eigenvalue weighted by Crippen LogP contribution is -2.30. The molecule has 1 aromatic heterocycles. The zero-order valence-corrected chi connectivity index (χ0v) is 14.7. The number of alkyl halides is 3. The van der Waals surface area contributed by atoms with Gasteiger partial charge in [0.05, 0.1) is 5.56 Å². The van der Waals surface area contributed by atoms with Gasteiger partial charge >= 0.3 is 6.18 Å². The van der Waals surface area contributed by atoms with E-state index in [0.717, 1.165) is 37.8 Å². The van der Waals surface area contributed by atoms with Crippen LogP contribution >= 0.6 is 0 Å². The number of nitrogens with two attached hydrogens (primary N) is 1. The number of hydrogen-bond donors (Lipinski definition) is 1. The van der Waals surface area contributed by atoms with Gasteiger partial charge in [-0.15, -0.1) is 0 Å². The van der Waals surface area contributed by atoms with Crippen LogP contribution in [-0.4, -0.2) is 23.9 Å². The second-order valence-electron chi connectivity index (χ2n) is 6.36. The first-order chi connectivity index (χ1) is 12.9. The molecular formula is C19H21F3N4O. The maximum Gasteiger partial charge on any atom is 0.416 e. The van der Waals surface area contributed by atoms with Crippen LogP contribution in [0.25, 0.3) is 0 Å². The highest BCUT2D eigenvalue weighted by atomic mass is 19.4. The van der Waals surface area contributed by atoms with Crippen molar-refractivity contribution >= 4 is 11.7 Å². The molecule has 0 atom stereocenters. The summed E-state index contributed by atoms with van der Waals surface area (Å²) in [5.41, 5.74) is 5.67. The Morgan fingerprint density at radius 1 is 1.11 bits per heavy atom. The first-order valence-corrected chi connectivity index (χ1v) is 8.77. The average Bonchev–Trinajstić information content (AvgIpc) is 2.68. The summed E-state index contributed by atoms with van der Waals surface area (Å²) >= 11 is 0. The summed E-state index contributed by atoms with van der Waals surface area (Å²) in [4.78, 5) is 11.7. The predicted molar refractivity (Wildman–Crippen MR) is 97.3 cm³/mol. The Balaban J connectivity index is 1.63. The lowest BCUT2D eigenvalue weighted by Gasteiger charge is -2.27. The Morgan fingerprint density at radius 3 is 2.52 bits per heavy atom. The van der Waals surface area contributed by atoms with E-state index < -0.39 is 11.7 Å². The van der Waals surface area contributed by atoms with Crippen LogP contribution in [0.4, 0.5) is 19.0 Å². The first kappa shape index (κ1) is 19.0. The number of oxime groups is 1. The summed E-state index contributed by atoms with van der Waals surface area (Å²) in [5, 5.41) is 3.73. The fourth-order valence-corrected chi connectivity index (χ4v) is 2.99. The molecule has 2 heterocycles. The summed E-state index contributed by atoms with van der Waals surface area (Å²) in [5.74, 6) is 0.948. The molecule has 1 aliphatic rings. The molecule has 0 spiro atoms. The third kappa shape index (κ3) is 4.90. The van der Waals surface area contributed by atoms with Crippen LogP contribution in [0, 0.1) is 0 Å². The van der Waals surface area contributed by atoms with E-state index in [1.54, 1.807) is 12.3 Å². The van der Waals surface area contributed by atoms with Crippen molar-refractivity contribution in [3.8, 4) is 0 Å². The SMILES string of the molecule is N/C(=N/OCc1ccccc1C(F)(F)F)c1ccc(N2CCCCC2)nc1. The van der Waals surface area contributed by atoms with Crippen molar-refractivity contribution in [2.75, 3.05) is 18.0 Å². The van der Waals surface area contributed by atoms with Gasteiger partial charge in [0, 0.05) is 30.4 Å². The summed E-state index contributed by atoms with van der Waals surface area (Å²) < 4.78 is 38.9. The van der Waals surface area contributed by atoms with Gasteiger partial charge < -0.3 is 15.5 Å². The van der Waals surface area contributed by atoms with E-state index in [0.29, 0.717) is 5.56 Å². The number of hydrogen-bond acceptors (Lipinski definition) is 4. The van der Waals surface area contributed by atoms with Crippen molar-refractivity contribution in [2.45, 2.75) is 32.0 Å². The molecule has 0 bridgehead atoms. The number of anilines is 1. The van der Waals surface area contributed by atoms with Crippen LogP contribution in [0.1, 0.15) is 36.0 Å². The molecule has 0 aliphatic carbocycles. The van der Waals surface area contributed by atoms with Gasteiger partial charge in [-0.05, 0) is 37.5 Å². The predicted octanol–water partition coefficient (Wildman–Crippen LogP) is 3.93. The Bertz CT molecular complexity index is 784. The summed E-state index contributed by atoms with van der Waals surface area (Å²) in [7, 11) is 0. The van der Waals surface area contributed by atoms with Gasteiger partial charge in [0.1, 0.15) is 12.4 Å². The molecule has 144 valence electrons. The van der Waals surface area contributed by atoms with E-state index in [9.17, 15) is 13.2 Å². The van der Waals surface area contributed by atoms with Crippen LogP contribution in [0.15, 0.2) is 47.8 Å². The maximum atomic E-state index is 13.0. The van der Waals surface area contributed by atoms with Crippen molar-refractivity contribution < 1.29 is 18.0 Å². The minimum Gasteiger partial charge on any atom is -0.389 e. The monoisotopic (exact) mass is 378 g/mol. The fourth-order valence-electron chi connectivity index (χ4n) is 2.99. The van der Waals surface area contributed by atoms with Gasteiger partial charge in [-0.25, -0.2) is 4.98 Å². The number of nitrogens with zero attached hydrogens (tertiary/aromatic N) is 3. The number of amidine groups is 1. The van der Waals surface area contributed by atoms with Crippen molar-refractivity contribution in [3.05, 3.63) is 59.3 Å². The van der Waals surface area contributed by atoms with E-state index in [1.807, 2.05) is 6.07 Å². The van der Waals surface area contributed by atoms with E-state index in [1.165, 1.54) is 24.6 Å². The van der Waals surface area contributed by atoms with Crippen LogP contribution in [0.2, 0.25) is 0 Å². The first-order valence-electron chi connectivity index (χ1n) is 8.77. The highest BCUT2D eigenvalue weighted by Crippen LogP contribution is 2.32. The molecule has 0 amide bonds. The quantitative estimate of drug-likeness (QED) is 0.486. The molecule has 0 unspecified atom stereocenters. The van der Waals surface area contributed by atoms with Crippen LogP contribution in [0.5, 0.6) is 0 Å². The highest BCUT2D eigenvalue weighted by molar-refractivity contribution is 5.96. The lowest BCUT2D eigenvalue weighted by molar-refractivity contribution is -0.138. The zero-order valence-electron chi connectivity index (χ0n) is 14.7. The molecule has 2 aromatic rings. The molecule has 0 radical (unpaired) electrons. The van der Waals surface area contributed by atoms with E-state index in [2.05, 4.69) is 15.0 Å². The van der Waals surface area contributed by atoms with E-state index in [-0.39, 0.29) is 18.0 Å². The van der Waals surface area contributed by atoms with Crippen molar-refractivity contribution in [2.24, 2.45) is 10.9 Å². The standard InChI is InChI=1S/C19H21F3N4O/c20-19(21,22)16-7-3-2-6-15(16)13-27-25-18(23)14-8-9-17(24-12-14)26-10-4-1-5-11-26/h2-3,6-9,12H,1,4-5,10-11,13H2,(H2,23,25). The number of aromatic nitrogens is 1. The lowest BCUT2D eigenvalue weighted by atomic mass is 10.1. The summed E-state index contributed by atoms with van der Waals surface area (Å²) in [6.45, 7) is 1.64. The van der Waals surface area contributed by atoms with E-state index >= 15 is 0 Å². The van der Waals surface area contributed by atoms with Gasteiger partial charge in [-0.2, -0.15) is 13.2 Å². The molecule has 1 aliphatic heterocycles. The Kier molecular flexibility index (Phi) is 5.83. The minimum absolute atomic E-state index is 0.000112.